The largest absolute Gasteiger partial charge is 0.342 e. The molecule has 2 heterocycles. The van der Waals surface area contributed by atoms with Gasteiger partial charge in [-0.2, -0.15) is 0 Å². The van der Waals surface area contributed by atoms with E-state index in [1.54, 1.807) is 9.80 Å². The zero-order valence-corrected chi connectivity index (χ0v) is 11.6. The fraction of sp³-hybridized carbons (Fsp3) is 0.400. The average Bonchev–Trinajstić information content (AvgIpc) is 2.53. The molecule has 1 aromatic rings. The van der Waals surface area contributed by atoms with Gasteiger partial charge in [-0.05, 0) is 11.6 Å². The molecule has 6 nitrogen and oxygen atoms in total. The molecular formula is C15H17N3O3. The molecule has 1 unspecified atom stereocenters. The molecule has 21 heavy (non-hydrogen) atoms. The van der Waals surface area contributed by atoms with Crippen LogP contribution in [0.25, 0.3) is 0 Å². The third-order valence-corrected chi connectivity index (χ3v) is 4.07. The SMILES string of the molecule is O=CN1CCN(C(=O)C2CC(=O)Nc3ccccc32)CC1. The molecule has 6 heteroatoms. The lowest BCUT2D eigenvalue weighted by molar-refractivity contribution is -0.138. The van der Waals surface area contributed by atoms with Gasteiger partial charge < -0.3 is 15.1 Å². The molecule has 0 spiro atoms. The quantitative estimate of drug-likeness (QED) is 0.801. The van der Waals surface area contributed by atoms with E-state index in [-0.39, 0.29) is 18.2 Å². The molecule has 2 aliphatic rings. The van der Waals surface area contributed by atoms with Crippen molar-refractivity contribution >= 4 is 23.9 Å². The molecule has 3 amide bonds. The average molecular weight is 287 g/mol. The predicted octanol–water partition coefficient (Wildman–Crippen LogP) is 0.413. The molecule has 0 radical (unpaired) electrons. The van der Waals surface area contributed by atoms with Crippen LogP contribution in [0.3, 0.4) is 0 Å². The van der Waals surface area contributed by atoms with Crippen LogP contribution in [-0.2, 0) is 14.4 Å². The predicted molar refractivity (Wildman–Crippen MR) is 76.6 cm³/mol. The van der Waals surface area contributed by atoms with E-state index >= 15 is 0 Å². The number of benzene rings is 1. The summed E-state index contributed by atoms with van der Waals surface area (Å²) < 4.78 is 0. The second-order valence-electron chi connectivity index (χ2n) is 5.36. The number of carbonyl (C=O) groups excluding carboxylic acids is 3. The summed E-state index contributed by atoms with van der Waals surface area (Å²) in [4.78, 5) is 38.6. The Kier molecular flexibility index (Phi) is 3.60. The molecule has 1 aromatic carbocycles. The van der Waals surface area contributed by atoms with Gasteiger partial charge in [-0.15, -0.1) is 0 Å². The van der Waals surface area contributed by atoms with Crippen LogP contribution in [0.4, 0.5) is 5.69 Å². The van der Waals surface area contributed by atoms with Crippen molar-refractivity contribution in [2.24, 2.45) is 0 Å². The number of para-hydroxylation sites is 1. The van der Waals surface area contributed by atoms with Gasteiger partial charge in [0.25, 0.3) is 0 Å². The summed E-state index contributed by atoms with van der Waals surface area (Å²) in [5.41, 5.74) is 1.60. The molecule has 1 fully saturated rings. The summed E-state index contributed by atoms with van der Waals surface area (Å²) in [5.74, 6) is -0.570. The molecule has 0 bridgehead atoms. The smallest absolute Gasteiger partial charge is 0.230 e. The highest BCUT2D eigenvalue weighted by Gasteiger charge is 2.34. The van der Waals surface area contributed by atoms with Gasteiger partial charge in [-0.3, -0.25) is 14.4 Å². The number of amides is 3. The van der Waals surface area contributed by atoms with E-state index < -0.39 is 5.92 Å². The second kappa shape index (κ2) is 5.55. The number of fused-ring (bicyclic) bond motifs is 1. The first kappa shape index (κ1) is 13.6. The highest BCUT2D eigenvalue weighted by molar-refractivity contribution is 6.01. The fourth-order valence-corrected chi connectivity index (χ4v) is 2.90. The minimum Gasteiger partial charge on any atom is -0.342 e. The molecule has 0 saturated carbocycles. The number of carbonyl (C=O) groups is 3. The maximum Gasteiger partial charge on any atom is 0.230 e. The lowest BCUT2D eigenvalue weighted by Crippen LogP contribution is -2.50. The zero-order valence-electron chi connectivity index (χ0n) is 11.6. The lowest BCUT2D eigenvalue weighted by Gasteiger charge is -2.36. The maximum atomic E-state index is 12.7. The Labute approximate surface area is 122 Å². The highest BCUT2D eigenvalue weighted by atomic mass is 16.2. The van der Waals surface area contributed by atoms with Gasteiger partial charge in [0, 0.05) is 38.3 Å². The van der Waals surface area contributed by atoms with Gasteiger partial charge in [0.1, 0.15) is 0 Å². The highest BCUT2D eigenvalue weighted by Crippen LogP contribution is 2.33. The zero-order chi connectivity index (χ0) is 14.8. The molecule has 1 saturated heterocycles. The maximum absolute atomic E-state index is 12.7. The van der Waals surface area contributed by atoms with Crippen LogP contribution >= 0.6 is 0 Å². The fourth-order valence-electron chi connectivity index (χ4n) is 2.90. The third-order valence-electron chi connectivity index (χ3n) is 4.07. The molecule has 3 rings (SSSR count). The Balaban J connectivity index is 1.79. The van der Waals surface area contributed by atoms with E-state index in [2.05, 4.69) is 5.32 Å². The van der Waals surface area contributed by atoms with Gasteiger partial charge in [0.15, 0.2) is 0 Å². The normalized spacial score (nSPS) is 21.5. The van der Waals surface area contributed by atoms with Crippen molar-refractivity contribution in [2.75, 3.05) is 31.5 Å². The summed E-state index contributed by atoms with van der Waals surface area (Å²) in [6.45, 7) is 2.15. The molecular weight excluding hydrogens is 270 g/mol. The van der Waals surface area contributed by atoms with Gasteiger partial charge in [-0.1, -0.05) is 18.2 Å². The number of nitrogens with zero attached hydrogens (tertiary/aromatic N) is 2. The van der Waals surface area contributed by atoms with Crippen molar-refractivity contribution in [3.8, 4) is 0 Å². The first-order chi connectivity index (χ1) is 10.2. The minimum absolute atomic E-state index is 0.0251. The van der Waals surface area contributed by atoms with Gasteiger partial charge in [0.05, 0.1) is 5.92 Å². The van der Waals surface area contributed by atoms with Crippen LogP contribution in [0.5, 0.6) is 0 Å². The number of nitrogens with one attached hydrogen (secondary N) is 1. The topological polar surface area (TPSA) is 69.7 Å². The van der Waals surface area contributed by atoms with Crippen LogP contribution in [0.15, 0.2) is 24.3 Å². The van der Waals surface area contributed by atoms with Crippen molar-refractivity contribution in [3.05, 3.63) is 29.8 Å². The number of piperazine rings is 1. The molecule has 2 aliphatic heterocycles. The van der Waals surface area contributed by atoms with Crippen molar-refractivity contribution in [3.63, 3.8) is 0 Å². The van der Waals surface area contributed by atoms with Crippen LogP contribution < -0.4 is 5.32 Å². The summed E-state index contributed by atoms with van der Waals surface area (Å²) in [6, 6.07) is 7.42. The molecule has 0 aromatic heterocycles. The number of hydrogen-bond donors (Lipinski definition) is 1. The van der Waals surface area contributed by atoms with Crippen molar-refractivity contribution in [1.29, 1.82) is 0 Å². The van der Waals surface area contributed by atoms with Crippen LogP contribution in [0, 0.1) is 0 Å². The van der Waals surface area contributed by atoms with Crippen molar-refractivity contribution in [1.82, 2.24) is 9.80 Å². The van der Waals surface area contributed by atoms with Crippen LogP contribution in [0.1, 0.15) is 17.9 Å². The Hall–Kier alpha value is -2.37. The number of rotatable bonds is 2. The van der Waals surface area contributed by atoms with Crippen LogP contribution in [0.2, 0.25) is 0 Å². The minimum atomic E-state index is -0.419. The summed E-state index contributed by atoms with van der Waals surface area (Å²) >= 11 is 0. The Morgan fingerprint density at radius 2 is 1.90 bits per heavy atom. The summed E-state index contributed by atoms with van der Waals surface area (Å²) in [5, 5.41) is 2.80. The lowest BCUT2D eigenvalue weighted by atomic mass is 9.89. The molecule has 110 valence electrons. The first-order valence-corrected chi connectivity index (χ1v) is 7.06. The molecule has 0 aliphatic carbocycles. The van der Waals surface area contributed by atoms with E-state index in [1.807, 2.05) is 24.3 Å². The third kappa shape index (κ3) is 2.61. The first-order valence-electron chi connectivity index (χ1n) is 7.06. The van der Waals surface area contributed by atoms with Gasteiger partial charge >= 0.3 is 0 Å². The van der Waals surface area contributed by atoms with Gasteiger partial charge in [-0.25, -0.2) is 0 Å². The number of hydrogen-bond acceptors (Lipinski definition) is 3. The second-order valence-corrected chi connectivity index (χ2v) is 5.36. The van der Waals surface area contributed by atoms with E-state index in [0.717, 1.165) is 17.7 Å². The Morgan fingerprint density at radius 3 is 2.62 bits per heavy atom. The summed E-state index contributed by atoms with van der Waals surface area (Å²) in [6.07, 6.45) is 0.995. The van der Waals surface area contributed by atoms with E-state index in [4.69, 9.17) is 0 Å². The van der Waals surface area contributed by atoms with E-state index in [9.17, 15) is 14.4 Å². The monoisotopic (exact) mass is 287 g/mol. The van der Waals surface area contributed by atoms with Crippen molar-refractivity contribution < 1.29 is 14.4 Å². The number of anilines is 1. The summed E-state index contributed by atoms with van der Waals surface area (Å²) in [7, 11) is 0. The van der Waals surface area contributed by atoms with E-state index in [1.165, 1.54) is 0 Å². The van der Waals surface area contributed by atoms with Crippen molar-refractivity contribution in [2.45, 2.75) is 12.3 Å². The van der Waals surface area contributed by atoms with E-state index in [0.29, 0.717) is 26.2 Å². The standard InChI is InChI=1S/C15H17N3O3/c19-10-17-5-7-18(8-6-17)15(21)12-9-14(20)16-13-4-2-1-3-11(12)13/h1-4,10,12H,5-9H2,(H,16,20). The van der Waals surface area contributed by atoms with Crippen LogP contribution in [-0.4, -0.2) is 54.2 Å². The Morgan fingerprint density at radius 1 is 1.19 bits per heavy atom. The molecule has 1 atom stereocenters. The van der Waals surface area contributed by atoms with Gasteiger partial charge in [0.2, 0.25) is 18.2 Å². The Bertz CT molecular complexity index is 579. The molecule has 1 N–H and O–H groups in total.